The maximum absolute atomic E-state index is 15.4. The van der Waals surface area contributed by atoms with Crippen LogP contribution in [0, 0.1) is 12.7 Å². The number of fused-ring (bicyclic) bond motifs is 1. The van der Waals surface area contributed by atoms with Crippen LogP contribution in [0.5, 0.6) is 0 Å². The third kappa shape index (κ3) is 5.63. The minimum Gasteiger partial charge on any atom is -0.410 e. The second-order valence-electron chi connectivity index (χ2n) is 10.1. The molecule has 9 heteroatoms. The molecule has 0 aliphatic rings. The zero-order valence-electron chi connectivity index (χ0n) is 20.6. The molecule has 1 N–H and O–H groups in total. The van der Waals surface area contributed by atoms with Gasteiger partial charge in [-0.1, -0.05) is 48.8 Å². The number of hydrogen-bond acceptors (Lipinski definition) is 4. The van der Waals surface area contributed by atoms with Crippen molar-refractivity contribution in [3.63, 3.8) is 0 Å². The summed E-state index contributed by atoms with van der Waals surface area (Å²) in [6, 6.07) is 9.06. The van der Waals surface area contributed by atoms with Crippen LogP contribution in [0.1, 0.15) is 50.7 Å². The largest absolute Gasteiger partial charge is 0.410 e. The number of benzene rings is 2. The molecule has 0 aliphatic heterocycles. The predicted molar refractivity (Wildman–Crippen MR) is 137 cm³/mol. The Kier molecular flexibility index (Phi) is 7.51. The van der Waals surface area contributed by atoms with E-state index in [0.29, 0.717) is 11.6 Å². The highest BCUT2D eigenvalue weighted by Gasteiger charge is 2.43. The van der Waals surface area contributed by atoms with Crippen molar-refractivity contribution in [3.8, 4) is 0 Å². The second kappa shape index (κ2) is 9.58. The van der Waals surface area contributed by atoms with Gasteiger partial charge in [0.1, 0.15) is 24.1 Å². The van der Waals surface area contributed by atoms with Gasteiger partial charge in [-0.25, -0.2) is 14.4 Å². The molecule has 0 saturated heterocycles. The van der Waals surface area contributed by atoms with Gasteiger partial charge in [-0.3, -0.25) is 0 Å². The number of alkyl halides is 2. The number of rotatable bonds is 7. The van der Waals surface area contributed by atoms with Gasteiger partial charge in [0, 0.05) is 15.4 Å². The van der Waals surface area contributed by atoms with Crippen LogP contribution in [0.2, 0.25) is 18.1 Å². The molecular weight excluding hydrogens is 523 g/mol. The Morgan fingerprint density at radius 1 is 1.12 bits per heavy atom. The molecule has 0 bridgehead atoms. The average molecular weight is 555 g/mol. The number of aryl methyl sites for hydroxylation is 1. The third-order valence-electron chi connectivity index (χ3n) is 6.43. The van der Waals surface area contributed by atoms with Gasteiger partial charge >= 0.3 is 0 Å². The lowest BCUT2D eigenvalue weighted by molar-refractivity contribution is -0.0536. The molecule has 4 nitrogen and oxygen atoms in total. The summed E-state index contributed by atoms with van der Waals surface area (Å²) in [7, 11) is -2.42. The van der Waals surface area contributed by atoms with Gasteiger partial charge in [-0.05, 0) is 56.2 Å². The molecule has 0 amide bonds. The summed E-state index contributed by atoms with van der Waals surface area (Å²) >= 11 is 3.44. The zero-order chi connectivity index (χ0) is 25.5. The summed E-state index contributed by atoms with van der Waals surface area (Å²) in [4.78, 5) is 8.88. The van der Waals surface area contributed by atoms with Gasteiger partial charge < -0.3 is 9.74 Å². The highest BCUT2D eigenvalue weighted by Crippen LogP contribution is 2.40. The number of nitrogens with one attached hydrogen (secondary N) is 1. The van der Waals surface area contributed by atoms with Crippen molar-refractivity contribution >= 4 is 41.0 Å². The van der Waals surface area contributed by atoms with Gasteiger partial charge in [0.15, 0.2) is 8.32 Å². The first-order chi connectivity index (χ1) is 15.6. The molecule has 34 heavy (non-hydrogen) atoms. The fraction of sp³-hybridized carbons (Fsp3) is 0.440. The van der Waals surface area contributed by atoms with Crippen LogP contribution in [-0.4, -0.2) is 24.9 Å². The summed E-state index contributed by atoms with van der Waals surface area (Å²) in [5.74, 6) is -3.34. The van der Waals surface area contributed by atoms with Gasteiger partial charge in [0.25, 0.3) is 5.92 Å². The minimum absolute atomic E-state index is 0.129. The average Bonchev–Trinajstić information content (AvgIpc) is 2.72. The first-order valence-corrected chi connectivity index (χ1v) is 14.8. The fourth-order valence-electron chi connectivity index (χ4n) is 3.34. The van der Waals surface area contributed by atoms with Crippen molar-refractivity contribution in [2.45, 2.75) is 64.7 Å². The lowest BCUT2D eigenvalue weighted by Crippen LogP contribution is -2.43. The normalized spacial score (nSPS) is 13.9. The first kappa shape index (κ1) is 26.6. The van der Waals surface area contributed by atoms with Crippen LogP contribution in [0.3, 0.4) is 0 Å². The quantitative estimate of drug-likeness (QED) is 0.300. The van der Waals surface area contributed by atoms with E-state index in [1.54, 1.807) is 13.8 Å². The molecule has 3 rings (SSSR count). The van der Waals surface area contributed by atoms with E-state index in [0.717, 1.165) is 21.4 Å². The molecule has 0 fully saturated rings. The number of hydrogen-bond donors (Lipinski definition) is 1. The SMILES string of the molecule is Cc1nc(N[C@H](C)c2cccc(C(F)(F)CO[Si](C)(C)C(C)(C)C)c2F)c2cc(Br)ccc2n1. The van der Waals surface area contributed by atoms with Crippen LogP contribution >= 0.6 is 15.9 Å². The molecule has 1 aromatic heterocycles. The zero-order valence-corrected chi connectivity index (χ0v) is 23.1. The number of halogens is 4. The smallest absolute Gasteiger partial charge is 0.297 e. The van der Waals surface area contributed by atoms with Crippen molar-refractivity contribution in [1.29, 1.82) is 0 Å². The lowest BCUT2D eigenvalue weighted by Gasteiger charge is -2.37. The third-order valence-corrected chi connectivity index (χ3v) is 11.4. The highest BCUT2D eigenvalue weighted by atomic mass is 79.9. The molecule has 184 valence electrons. The monoisotopic (exact) mass is 553 g/mol. The van der Waals surface area contributed by atoms with Gasteiger partial charge in [0.2, 0.25) is 0 Å². The second-order valence-corrected chi connectivity index (χ2v) is 15.8. The maximum Gasteiger partial charge on any atom is 0.297 e. The van der Waals surface area contributed by atoms with Crippen molar-refractivity contribution in [2.75, 3.05) is 11.9 Å². The molecule has 2 aromatic carbocycles. The molecule has 1 atom stereocenters. The number of nitrogens with zero attached hydrogens (tertiary/aromatic N) is 2. The van der Waals surface area contributed by atoms with Crippen molar-refractivity contribution in [3.05, 3.63) is 63.6 Å². The van der Waals surface area contributed by atoms with E-state index in [1.165, 1.54) is 12.1 Å². The van der Waals surface area contributed by atoms with E-state index in [2.05, 4.69) is 31.2 Å². The van der Waals surface area contributed by atoms with E-state index < -0.39 is 38.3 Å². The Morgan fingerprint density at radius 2 is 1.79 bits per heavy atom. The molecule has 0 saturated carbocycles. The highest BCUT2D eigenvalue weighted by molar-refractivity contribution is 9.10. The molecule has 0 spiro atoms. The number of anilines is 1. The summed E-state index contributed by atoms with van der Waals surface area (Å²) < 4.78 is 52.2. The van der Waals surface area contributed by atoms with E-state index >= 15 is 13.2 Å². The molecule has 1 heterocycles. The Balaban J connectivity index is 1.90. The van der Waals surface area contributed by atoms with Crippen LogP contribution in [-0.2, 0) is 10.3 Å². The molecule has 0 aliphatic carbocycles. The van der Waals surface area contributed by atoms with E-state index in [1.807, 2.05) is 52.1 Å². The van der Waals surface area contributed by atoms with Crippen molar-refractivity contribution < 1.29 is 17.6 Å². The Labute approximate surface area is 208 Å². The van der Waals surface area contributed by atoms with E-state index in [-0.39, 0.29) is 10.6 Å². The molecule has 0 unspecified atom stereocenters. The molecular formula is C25H31BrF3N3OSi. The standard InChI is InChI=1S/C25H31BrF3N3OSi/c1-15(30-23-19-13-17(26)11-12-21(19)31-16(2)32-23)18-9-8-10-20(22(18)27)25(28,29)14-33-34(6,7)24(3,4)5/h8-13,15H,14H2,1-7H3,(H,30,31,32)/t15-/m1/s1. The predicted octanol–water partition coefficient (Wildman–Crippen LogP) is 8.13. The molecule has 0 radical (unpaired) electrons. The fourth-order valence-corrected chi connectivity index (χ4v) is 4.68. The van der Waals surface area contributed by atoms with E-state index in [9.17, 15) is 0 Å². The maximum atomic E-state index is 15.4. The summed E-state index contributed by atoms with van der Waals surface area (Å²) in [5, 5.41) is 3.70. The van der Waals surface area contributed by atoms with Crippen LogP contribution < -0.4 is 5.32 Å². The van der Waals surface area contributed by atoms with Crippen molar-refractivity contribution in [2.24, 2.45) is 0 Å². The summed E-state index contributed by atoms with van der Waals surface area (Å²) in [5.41, 5.74) is 0.196. The molecule has 3 aromatic rings. The van der Waals surface area contributed by atoms with Crippen LogP contribution in [0.15, 0.2) is 40.9 Å². The summed E-state index contributed by atoms with van der Waals surface area (Å²) in [6.45, 7) is 12.3. The number of aromatic nitrogens is 2. The Bertz CT molecular complexity index is 1200. The Hall–Kier alpha value is -1.97. The minimum atomic E-state index is -3.46. The van der Waals surface area contributed by atoms with Crippen LogP contribution in [0.4, 0.5) is 19.0 Å². The topological polar surface area (TPSA) is 47.0 Å². The van der Waals surface area contributed by atoms with E-state index in [4.69, 9.17) is 4.43 Å². The lowest BCUT2D eigenvalue weighted by atomic mass is 10.00. The Morgan fingerprint density at radius 3 is 2.44 bits per heavy atom. The van der Waals surface area contributed by atoms with Crippen LogP contribution in [0.25, 0.3) is 10.9 Å². The van der Waals surface area contributed by atoms with Crippen molar-refractivity contribution in [1.82, 2.24) is 9.97 Å². The van der Waals surface area contributed by atoms with Gasteiger partial charge in [-0.2, -0.15) is 8.78 Å². The summed E-state index contributed by atoms with van der Waals surface area (Å²) in [6.07, 6.45) is 0. The van der Waals surface area contributed by atoms with Gasteiger partial charge in [0.05, 0.1) is 17.1 Å². The van der Waals surface area contributed by atoms with Gasteiger partial charge in [-0.15, -0.1) is 0 Å². The first-order valence-electron chi connectivity index (χ1n) is 11.1.